The maximum Gasteiger partial charge on any atom is 0.205 e. The molecule has 2 heterocycles. The molecule has 1 aromatic carbocycles. The monoisotopic (exact) mass is 392 g/mol. The lowest BCUT2D eigenvalue weighted by molar-refractivity contribution is 0.602. The molecule has 23 heavy (non-hydrogen) atoms. The molecule has 0 radical (unpaired) electrons. The molecule has 0 atom stereocenters. The molecule has 0 spiro atoms. The second kappa shape index (κ2) is 7.14. The highest BCUT2D eigenvalue weighted by Crippen LogP contribution is 2.24. The van der Waals surface area contributed by atoms with Gasteiger partial charge in [0.2, 0.25) is 5.13 Å². The summed E-state index contributed by atoms with van der Waals surface area (Å²) < 4.78 is 19.1. The number of anilines is 1. The van der Waals surface area contributed by atoms with Gasteiger partial charge in [-0.05, 0) is 31.2 Å². The van der Waals surface area contributed by atoms with Crippen LogP contribution >= 0.6 is 27.5 Å². The Labute approximate surface area is 146 Å². The lowest BCUT2D eigenvalue weighted by Crippen LogP contribution is -2.23. The smallest absolute Gasteiger partial charge is 0.205 e. The summed E-state index contributed by atoms with van der Waals surface area (Å²) in [7, 11) is 0. The predicted octanol–water partition coefficient (Wildman–Crippen LogP) is 4.35. The van der Waals surface area contributed by atoms with E-state index in [9.17, 15) is 4.39 Å². The zero-order valence-corrected chi connectivity index (χ0v) is 14.8. The van der Waals surface area contributed by atoms with Gasteiger partial charge in [-0.15, -0.1) is 0 Å². The average molecular weight is 393 g/mol. The van der Waals surface area contributed by atoms with E-state index in [0.29, 0.717) is 24.5 Å². The molecule has 0 aliphatic rings. The van der Waals surface area contributed by atoms with Crippen LogP contribution in [-0.2, 0) is 13.1 Å². The van der Waals surface area contributed by atoms with Crippen LogP contribution < -0.4 is 4.90 Å². The van der Waals surface area contributed by atoms with Crippen LogP contribution in [0.4, 0.5) is 9.52 Å². The molecule has 0 aliphatic heterocycles. The summed E-state index contributed by atoms with van der Waals surface area (Å²) in [4.78, 5) is 10.8. The molecular weight excluding hydrogens is 379 g/mol. The number of benzene rings is 1. The molecule has 0 saturated heterocycles. The molecule has 0 unspecified atom stereocenters. The number of hydrogen-bond donors (Lipinski definition) is 0. The number of rotatable bonds is 5. The summed E-state index contributed by atoms with van der Waals surface area (Å²) in [5.74, 6) is 0.471. The molecular formula is C16H14BrFN4S. The van der Waals surface area contributed by atoms with Gasteiger partial charge in [0.1, 0.15) is 11.6 Å². The van der Waals surface area contributed by atoms with Crippen LogP contribution in [0.1, 0.15) is 17.1 Å². The SMILES string of the molecule is Cc1nsc(N(Cc2ccccn2)Cc2ccc(Br)cc2F)n1. The Morgan fingerprint density at radius 3 is 2.74 bits per heavy atom. The van der Waals surface area contributed by atoms with Crippen LogP contribution in [0, 0.1) is 12.7 Å². The van der Waals surface area contributed by atoms with E-state index in [1.807, 2.05) is 36.1 Å². The van der Waals surface area contributed by atoms with Crippen molar-refractivity contribution >= 4 is 32.6 Å². The van der Waals surface area contributed by atoms with Crippen LogP contribution in [0.2, 0.25) is 0 Å². The fourth-order valence-corrected chi connectivity index (χ4v) is 3.15. The summed E-state index contributed by atoms with van der Waals surface area (Å²) in [5.41, 5.74) is 1.51. The summed E-state index contributed by atoms with van der Waals surface area (Å²) in [6, 6.07) is 10.8. The fourth-order valence-electron chi connectivity index (χ4n) is 2.15. The highest BCUT2D eigenvalue weighted by molar-refractivity contribution is 9.10. The number of aromatic nitrogens is 3. The third-order valence-corrected chi connectivity index (χ3v) is 4.60. The number of halogens is 2. The summed E-state index contributed by atoms with van der Waals surface area (Å²) in [5, 5.41) is 0.760. The van der Waals surface area contributed by atoms with Crippen molar-refractivity contribution in [2.75, 3.05) is 4.90 Å². The first-order chi connectivity index (χ1) is 11.1. The molecule has 0 saturated carbocycles. The molecule has 118 valence electrons. The Morgan fingerprint density at radius 1 is 1.22 bits per heavy atom. The minimum atomic E-state index is -0.244. The summed E-state index contributed by atoms with van der Waals surface area (Å²) in [6.45, 7) is 2.80. The van der Waals surface area contributed by atoms with E-state index in [4.69, 9.17) is 0 Å². The molecule has 0 amide bonds. The fraction of sp³-hybridized carbons (Fsp3) is 0.188. The van der Waals surface area contributed by atoms with Crippen molar-refractivity contribution in [2.45, 2.75) is 20.0 Å². The highest BCUT2D eigenvalue weighted by Gasteiger charge is 2.15. The Morgan fingerprint density at radius 2 is 2.09 bits per heavy atom. The molecule has 0 N–H and O–H groups in total. The second-order valence-electron chi connectivity index (χ2n) is 5.04. The second-order valence-corrected chi connectivity index (χ2v) is 6.68. The zero-order valence-electron chi connectivity index (χ0n) is 12.4. The van der Waals surface area contributed by atoms with Gasteiger partial charge in [0, 0.05) is 34.3 Å². The van der Waals surface area contributed by atoms with Crippen molar-refractivity contribution in [1.29, 1.82) is 0 Å². The number of nitrogens with zero attached hydrogens (tertiary/aromatic N) is 4. The van der Waals surface area contributed by atoms with Gasteiger partial charge in [-0.25, -0.2) is 9.37 Å². The minimum Gasteiger partial charge on any atom is -0.337 e. The molecule has 3 aromatic rings. The maximum atomic E-state index is 14.2. The molecule has 0 bridgehead atoms. The van der Waals surface area contributed by atoms with Gasteiger partial charge in [-0.2, -0.15) is 4.37 Å². The molecule has 0 fully saturated rings. The molecule has 3 rings (SSSR count). The van der Waals surface area contributed by atoms with Gasteiger partial charge >= 0.3 is 0 Å². The van der Waals surface area contributed by atoms with Crippen LogP contribution in [-0.4, -0.2) is 14.3 Å². The van der Waals surface area contributed by atoms with Crippen molar-refractivity contribution in [3.8, 4) is 0 Å². The molecule has 0 aliphatic carbocycles. The predicted molar refractivity (Wildman–Crippen MR) is 92.9 cm³/mol. The van der Waals surface area contributed by atoms with Gasteiger partial charge in [0.15, 0.2) is 0 Å². The first kappa shape index (κ1) is 16.0. The molecule has 4 nitrogen and oxygen atoms in total. The third kappa shape index (κ3) is 4.11. The average Bonchev–Trinajstić information content (AvgIpc) is 2.97. The Bertz CT molecular complexity index is 794. The highest BCUT2D eigenvalue weighted by atomic mass is 79.9. The topological polar surface area (TPSA) is 41.9 Å². The first-order valence-corrected chi connectivity index (χ1v) is 8.57. The van der Waals surface area contributed by atoms with Crippen LogP contribution in [0.15, 0.2) is 47.1 Å². The van der Waals surface area contributed by atoms with Gasteiger partial charge in [-0.1, -0.05) is 28.1 Å². The quantitative estimate of drug-likeness (QED) is 0.647. The van der Waals surface area contributed by atoms with E-state index in [2.05, 4.69) is 30.3 Å². The summed E-state index contributed by atoms with van der Waals surface area (Å²) >= 11 is 4.59. The van der Waals surface area contributed by atoms with Crippen molar-refractivity contribution < 1.29 is 4.39 Å². The Kier molecular flexibility index (Phi) is 4.97. The minimum absolute atomic E-state index is 0.244. The zero-order chi connectivity index (χ0) is 16.2. The van der Waals surface area contributed by atoms with Crippen molar-refractivity contribution in [3.05, 3.63) is 70.0 Å². The number of hydrogen-bond acceptors (Lipinski definition) is 5. The maximum absolute atomic E-state index is 14.2. The van der Waals surface area contributed by atoms with Crippen LogP contribution in [0.25, 0.3) is 0 Å². The number of pyridine rings is 1. The van der Waals surface area contributed by atoms with E-state index >= 15 is 0 Å². The van der Waals surface area contributed by atoms with Gasteiger partial charge in [0.25, 0.3) is 0 Å². The lowest BCUT2D eigenvalue weighted by Gasteiger charge is -2.21. The normalized spacial score (nSPS) is 10.7. The van der Waals surface area contributed by atoms with Gasteiger partial charge < -0.3 is 4.90 Å². The Hall–Kier alpha value is -1.86. The largest absolute Gasteiger partial charge is 0.337 e. The first-order valence-electron chi connectivity index (χ1n) is 7.01. The van der Waals surface area contributed by atoms with Crippen molar-refractivity contribution in [2.24, 2.45) is 0 Å². The van der Waals surface area contributed by atoms with Gasteiger partial charge in [0.05, 0.1) is 12.2 Å². The third-order valence-electron chi connectivity index (χ3n) is 3.24. The lowest BCUT2D eigenvalue weighted by atomic mass is 10.2. The van der Waals surface area contributed by atoms with Crippen molar-refractivity contribution in [3.63, 3.8) is 0 Å². The van der Waals surface area contributed by atoms with E-state index in [0.717, 1.165) is 15.3 Å². The van der Waals surface area contributed by atoms with E-state index in [1.165, 1.54) is 17.6 Å². The van der Waals surface area contributed by atoms with Crippen LogP contribution in [0.3, 0.4) is 0 Å². The van der Waals surface area contributed by atoms with Crippen LogP contribution in [0.5, 0.6) is 0 Å². The molecule has 7 heteroatoms. The van der Waals surface area contributed by atoms with Gasteiger partial charge in [-0.3, -0.25) is 4.98 Å². The van der Waals surface area contributed by atoms with E-state index < -0.39 is 0 Å². The standard InChI is InChI=1S/C16H14BrFN4S/c1-11-20-16(23-21-11)22(10-14-4-2-3-7-19-14)9-12-5-6-13(17)8-15(12)18/h2-8H,9-10H2,1H3. The van der Waals surface area contributed by atoms with Crippen molar-refractivity contribution in [1.82, 2.24) is 14.3 Å². The van der Waals surface area contributed by atoms with E-state index in [-0.39, 0.29) is 5.82 Å². The Balaban J connectivity index is 1.88. The number of aryl methyl sites for hydroxylation is 1. The van der Waals surface area contributed by atoms with E-state index in [1.54, 1.807) is 12.3 Å². The summed E-state index contributed by atoms with van der Waals surface area (Å²) in [6.07, 6.45) is 1.75. The molecule has 2 aromatic heterocycles.